The molecule has 0 spiro atoms. The largest absolute Gasteiger partial charge is 0.359 e. The van der Waals surface area contributed by atoms with Crippen molar-refractivity contribution >= 4 is 34.0 Å². The zero-order valence-corrected chi connectivity index (χ0v) is 14.8. The number of hydrogen-bond acceptors (Lipinski definition) is 2. The number of aryl methyl sites for hydroxylation is 1. The molecule has 23 heavy (non-hydrogen) atoms. The highest BCUT2D eigenvalue weighted by Gasteiger charge is 2.28. The molecule has 0 aliphatic carbocycles. The predicted octanol–water partition coefficient (Wildman–Crippen LogP) is 3.48. The van der Waals surface area contributed by atoms with Crippen molar-refractivity contribution in [1.82, 2.24) is 4.98 Å². The Labute approximate surface area is 138 Å². The van der Waals surface area contributed by atoms with Crippen LogP contribution in [0.2, 0.25) is 0 Å². The molecule has 1 aliphatic rings. The van der Waals surface area contributed by atoms with Gasteiger partial charge in [-0.05, 0) is 62.6 Å². The average Bonchev–Trinajstić information content (AvgIpc) is 2.92. The summed E-state index contributed by atoms with van der Waals surface area (Å²) in [4.78, 5) is 16.5. The number of nitrogens with one attached hydrogen (secondary N) is 2. The molecular weight excluding hydrogens is 308 g/mol. The van der Waals surface area contributed by atoms with Crippen molar-refractivity contribution in [3.05, 3.63) is 45.8 Å². The molecule has 2 aromatic rings. The Morgan fingerprint density at radius 3 is 2.30 bits per heavy atom. The quantitative estimate of drug-likeness (QED) is 0.829. The molecule has 1 aromatic carbocycles. The summed E-state index contributed by atoms with van der Waals surface area (Å²) in [6.45, 7) is 8.05. The van der Waals surface area contributed by atoms with Gasteiger partial charge in [0.15, 0.2) is 0 Å². The molecule has 0 radical (unpaired) electrons. The van der Waals surface area contributed by atoms with Gasteiger partial charge in [0.05, 0.1) is 16.4 Å². The summed E-state index contributed by atoms with van der Waals surface area (Å²) in [6, 6.07) is 3.65. The lowest BCUT2D eigenvalue weighted by Crippen LogP contribution is -2.03. The molecule has 0 bridgehead atoms. The minimum Gasteiger partial charge on any atom is -0.359 e. The summed E-state index contributed by atoms with van der Waals surface area (Å²) in [5.41, 5.74) is 7.55. The van der Waals surface area contributed by atoms with Crippen LogP contribution in [-0.2, 0) is 15.6 Å². The van der Waals surface area contributed by atoms with Crippen molar-refractivity contribution in [2.24, 2.45) is 0 Å². The van der Waals surface area contributed by atoms with E-state index in [2.05, 4.69) is 17.2 Å². The van der Waals surface area contributed by atoms with Gasteiger partial charge in [0.2, 0.25) is 0 Å². The van der Waals surface area contributed by atoms with Crippen molar-refractivity contribution in [2.75, 3.05) is 11.6 Å². The van der Waals surface area contributed by atoms with Crippen molar-refractivity contribution in [3.63, 3.8) is 0 Å². The Hall–Kier alpha value is -2.14. The third kappa shape index (κ3) is 2.45. The van der Waals surface area contributed by atoms with Crippen LogP contribution in [0.25, 0.3) is 11.6 Å². The summed E-state index contributed by atoms with van der Waals surface area (Å²) in [5.74, 6) is -0.119. The summed E-state index contributed by atoms with van der Waals surface area (Å²) >= 11 is 0. The van der Waals surface area contributed by atoms with Gasteiger partial charge in [0, 0.05) is 33.8 Å². The molecule has 2 heterocycles. The first kappa shape index (κ1) is 15.7. The number of H-pyrrole nitrogens is 1. The minimum atomic E-state index is -1.08. The first-order valence-electron chi connectivity index (χ1n) is 7.47. The molecule has 0 saturated carbocycles. The van der Waals surface area contributed by atoms with Crippen LogP contribution in [0.5, 0.6) is 0 Å². The van der Waals surface area contributed by atoms with Gasteiger partial charge in [-0.1, -0.05) is 0 Å². The monoisotopic (exact) mass is 328 g/mol. The van der Waals surface area contributed by atoms with E-state index in [1.807, 2.05) is 39.0 Å². The lowest BCUT2D eigenvalue weighted by molar-refractivity contribution is -0.110. The maximum absolute atomic E-state index is 12.4. The molecule has 4 nitrogen and oxygen atoms in total. The first-order valence-corrected chi connectivity index (χ1v) is 9.03. The highest BCUT2D eigenvalue weighted by molar-refractivity contribution is 7.84. The van der Waals surface area contributed by atoms with E-state index in [9.17, 15) is 9.00 Å². The standard InChI is InChI=1S/C18H20N2O2S/c1-9-10(2)15(19-12(9)4)8-13-17-11(3)16(23(5)22)7-6-14(17)20-18(13)21/h6-8,19H,1-5H3,(H,20,21)/b13-8-. The average molecular weight is 328 g/mol. The van der Waals surface area contributed by atoms with E-state index in [4.69, 9.17) is 0 Å². The number of aromatic nitrogens is 1. The lowest BCUT2D eigenvalue weighted by Gasteiger charge is -2.08. The van der Waals surface area contributed by atoms with Gasteiger partial charge in [-0.25, -0.2) is 0 Å². The maximum atomic E-state index is 12.4. The van der Waals surface area contributed by atoms with Crippen LogP contribution in [0.1, 0.15) is 33.6 Å². The smallest absolute Gasteiger partial charge is 0.256 e. The molecule has 0 saturated heterocycles. The van der Waals surface area contributed by atoms with E-state index < -0.39 is 10.8 Å². The zero-order chi connectivity index (χ0) is 16.9. The summed E-state index contributed by atoms with van der Waals surface area (Å²) < 4.78 is 11.9. The SMILES string of the molecule is Cc1[nH]c(/C=C2\C(=O)Nc3ccc(S(C)=O)c(C)c32)c(C)c1C. The second-order valence-electron chi connectivity index (χ2n) is 5.99. The van der Waals surface area contributed by atoms with E-state index in [0.29, 0.717) is 5.57 Å². The highest BCUT2D eigenvalue weighted by Crippen LogP contribution is 2.38. The second kappa shape index (κ2) is 5.49. The fourth-order valence-electron chi connectivity index (χ4n) is 3.06. The van der Waals surface area contributed by atoms with Crippen LogP contribution in [-0.4, -0.2) is 21.4 Å². The van der Waals surface area contributed by atoms with Crippen molar-refractivity contribution in [2.45, 2.75) is 32.6 Å². The first-order chi connectivity index (χ1) is 10.8. The Bertz CT molecular complexity index is 891. The number of carbonyl (C=O) groups excluding carboxylic acids is 1. The molecule has 1 unspecified atom stereocenters. The fraction of sp³-hybridized carbons (Fsp3) is 0.278. The number of benzene rings is 1. The molecule has 1 aromatic heterocycles. The van der Waals surface area contributed by atoms with Gasteiger partial charge in [-0.2, -0.15) is 0 Å². The van der Waals surface area contributed by atoms with Crippen molar-refractivity contribution < 1.29 is 9.00 Å². The molecule has 5 heteroatoms. The number of aromatic amines is 1. The second-order valence-corrected chi connectivity index (χ2v) is 7.34. The highest BCUT2D eigenvalue weighted by atomic mass is 32.2. The number of amides is 1. The topological polar surface area (TPSA) is 62.0 Å². The Balaban J connectivity index is 2.22. The molecule has 3 rings (SSSR count). The van der Waals surface area contributed by atoms with Crippen molar-refractivity contribution in [1.29, 1.82) is 0 Å². The van der Waals surface area contributed by atoms with E-state index in [1.165, 1.54) is 5.56 Å². The van der Waals surface area contributed by atoms with Gasteiger partial charge >= 0.3 is 0 Å². The Kier molecular flexibility index (Phi) is 3.76. The molecular formula is C18H20N2O2S. The van der Waals surface area contributed by atoms with Crippen LogP contribution >= 0.6 is 0 Å². The molecule has 120 valence electrons. The summed E-state index contributed by atoms with van der Waals surface area (Å²) in [6.07, 6.45) is 3.55. The third-order valence-corrected chi connectivity index (χ3v) is 5.69. The van der Waals surface area contributed by atoms with Crippen molar-refractivity contribution in [3.8, 4) is 0 Å². The van der Waals surface area contributed by atoms with Crippen LogP contribution in [0.15, 0.2) is 17.0 Å². The molecule has 2 N–H and O–H groups in total. The number of rotatable bonds is 2. The number of carbonyl (C=O) groups is 1. The van der Waals surface area contributed by atoms with Crippen LogP contribution in [0, 0.1) is 27.7 Å². The normalized spacial score (nSPS) is 16.6. The van der Waals surface area contributed by atoms with Gasteiger partial charge < -0.3 is 10.3 Å². The van der Waals surface area contributed by atoms with Crippen LogP contribution < -0.4 is 5.32 Å². The van der Waals surface area contributed by atoms with E-state index in [-0.39, 0.29) is 5.91 Å². The molecule has 1 amide bonds. The van der Waals surface area contributed by atoms with Gasteiger partial charge in [-0.15, -0.1) is 0 Å². The Morgan fingerprint density at radius 1 is 1.04 bits per heavy atom. The van der Waals surface area contributed by atoms with Gasteiger partial charge in [0.1, 0.15) is 0 Å². The van der Waals surface area contributed by atoms with E-state index in [1.54, 1.807) is 6.26 Å². The molecule has 0 fully saturated rings. The fourth-order valence-corrected chi connectivity index (χ4v) is 3.85. The predicted molar refractivity (Wildman–Crippen MR) is 95.0 cm³/mol. The molecule has 1 atom stereocenters. The van der Waals surface area contributed by atoms with E-state index >= 15 is 0 Å². The summed E-state index contributed by atoms with van der Waals surface area (Å²) in [7, 11) is -1.08. The minimum absolute atomic E-state index is 0.119. The lowest BCUT2D eigenvalue weighted by atomic mass is 9.99. The van der Waals surface area contributed by atoms with Crippen LogP contribution in [0.3, 0.4) is 0 Å². The number of fused-ring (bicyclic) bond motifs is 1. The number of anilines is 1. The van der Waals surface area contributed by atoms with Crippen LogP contribution in [0.4, 0.5) is 5.69 Å². The third-order valence-electron chi connectivity index (χ3n) is 4.63. The number of hydrogen-bond donors (Lipinski definition) is 2. The van der Waals surface area contributed by atoms with E-state index in [0.717, 1.165) is 38.7 Å². The summed E-state index contributed by atoms with van der Waals surface area (Å²) in [5, 5.41) is 2.90. The maximum Gasteiger partial charge on any atom is 0.256 e. The van der Waals surface area contributed by atoms with Gasteiger partial charge in [0.25, 0.3) is 5.91 Å². The van der Waals surface area contributed by atoms with Gasteiger partial charge in [-0.3, -0.25) is 9.00 Å². The Morgan fingerprint density at radius 2 is 1.74 bits per heavy atom. The zero-order valence-electron chi connectivity index (χ0n) is 14.0. The molecule has 1 aliphatic heterocycles.